The Kier molecular flexibility index (Phi) is 4.32. The Bertz CT molecular complexity index is 699. The molecule has 0 radical (unpaired) electrons. The first kappa shape index (κ1) is 20.5. The van der Waals surface area contributed by atoms with Gasteiger partial charge >= 0.3 is 0 Å². The molecule has 0 heterocycles. The van der Waals surface area contributed by atoms with E-state index in [1.807, 2.05) is 0 Å². The molecule has 9 atom stereocenters. The molecular formula is C27H44O2. The first-order chi connectivity index (χ1) is 13.6. The van der Waals surface area contributed by atoms with Crippen molar-refractivity contribution in [2.75, 3.05) is 0 Å². The second-order valence-electron chi connectivity index (χ2n) is 13.2. The molecule has 29 heavy (non-hydrogen) atoms. The molecule has 0 saturated heterocycles. The smallest absolute Gasteiger partial charge is 0.120 e. The SMILES string of the molecule is CC(CCC=O)C1CCC2(C)C3CCC4C(C)(C)C(O)CCC45CC35CCC12C. The first-order valence-electron chi connectivity index (χ1n) is 12.7. The minimum Gasteiger partial charge on any atom is -0.393 e. The van der Waals surface area contributed by atoms with Crippen molar-refractivity contribution in [3.05, 3.63) is 0 Å². The van der Waals surface area contributed by atoms with E-state index in [-0.39, 0.29) is 11.5 Å². The minimum absolute atomic E-state index is 0.0932. The summed E-state index contributed by atoms with van der Waals surface area (Å²) in [6, 6.07) is 0. The predicted octanol–water partition coefficient (Wildman–Crippen LogP) is 6.40. The summed E-state index contributed by atoms with van der Waals surface area (Å²) in [5.74, 6) is 3.09. The summed E-state index contributed by atoms with van der Waals surface area (Å²) in [5.41, 5.74) is 2.15. The highest BCUT2D eigenvalue weighted by Crippen LogP contribution is 2.89. The molecular weight excluding hydrogens is 356 g/mol. The number of hydrogen-bond donors (Lipinski definition) is 1. The van der Waals surface area contributed by atoms with Gasteiger partial charge in [-0.3, -0.25) is 0 Å². The molecule has 5 saturated carbocycles. The maximum atomic E-state index is 11.0. The molecule has 0 aliphatic heterocycles. The van der Waals surface area contributed by atoms with Crippen LogP contribution in [0.3, 0.4) is 0 Å². The van der Waals surface area contributed by atoms with E-state index in [0.29, 0.717) is 27.6 Å². The molecule has 2 spiro atoms. The highest BCUT2D eigenvalue weighted by molar-refractivity contribution is 5.49. The predicted molar refractivity (Wildman–Crippen MR) is 117 cm³/mol. The Balaban J connectivity index is 1.46. The van der Waals surface area contributed by atoms with Crippen LogP contribution in [-0.2, 0) is 4.79 Å². The number of aliphatic hydroxyl groups excluding tert-OH is 1. The third-order valence-corrected chi connectivity index (χ3v) is 12.6. The Hall–Kier alpha value is -0.370. The first-order valence-corrected chi connectivity index (χ1v) is 12.7. The molecule has 5 fully saturated rings. The van der Waals surface area contributed by atoms with Crippen molar-refractivity contribution in [3.63, 3.8) is 0 Å². The Morgan fingerprint density at radius 3 is 2.31 bits per heavy atom. The molecule has 5 aliphatic carbocycles. The number of aliphatic hydroxyl groups is 1. The van der Waals surface area contributed by atoms with E-state index in [0.717, 1.165) is 43.3 Å². The van der Waals surface area contributed by atoms with Crippen LogP contribution in [-0.4, -0.2) is 17.5 Å². The average molecular weight is 401 g/mol. The van der Waals surface area contributed by atoms with Gasteiger partial charge in [-0.25, -0.2) is 0 Å². The summed E-state index contributed by atoms with van der Waals surface area (Å²) < 4.78 is 0. The largest absolute Gasteiger partial charge is 0.393 e. The zero-order chi connectivity index (χ0) is 20.9. The van der Waals surface area contributed by atoms with Crippen molar-refractivity contribution in [1.82, 2.24) is 0 Å². The second kappa shape index (κ2) is 6.11. The van der Waals surface area contributed by atoms with Gasteiger partial charge in [0.05, 0.1) is 6.10 Å². The van der Waals surface area contributed by atoms with Gasteiger partial charge in [-0.2, -0.15) is 0 Å². The molecule has 2 nitrogen and oxygen atoms in total. The molecule has 5 rings (SSSR count). The molecule has 0 aromatic carbocycles. The van der Waals surface area contributed by atoms with Gasteiger partial charge in [0.2, 0.25) is 0 Å². The van der Waals surface area contributed by atoms with Crippen LogP contribution in [0.15, 0.2) is 0 Å². The molecule has 9 unspecified atom stereocenters. The standard InChI is InChI=1S/C27H44O2/c1-18(7-6-16-28)19-10-12-25(5)21-9-8-20-23(2,3)22(29)11-13-26(20)17-27(21,26)15-14-24(19,25)4/h16,18-22,29H,6-15,17H2,1-5H3. The molecule has 5 aliphatic rings. The fourth-order valence-electron chi connectivity index (χ4n) is 10.8. The van der Waals surface area contributed by atoms with Crippen molar-refractivity contribution in [2.45, 2.75) is 111 Å². The second-order valence-corrected chi connectivity index (χ2v) is 13.2. The summed E-state index contributed by atoms with van der Waals surface area (Å²) >= 11 is 0. The van der Waals surface area contributed by atoms with Crippen LogP contribution < -0.4 is 0 Å². The summed E-state index contributed by atoms with van der Waals surface area (Å²) in [4.78, 5) is 11.0. The highest BCUT2D eigenvalue weighted by Gasteiger charge is 2.82. The van der Waals surface area contributed by atoms with Crippen molar-refractivity contribution < 1.29 is 9.90 Å². The molecule has 0 amide bonds. The minimum atomic E-state index is -0.105. The third kappa shape index (κ3) is 2.26. The van der Waals surface area contributed by atoms with Gasteiger partial charge in [-0.15, -0.1) is 0 Å². The van der Waals surface area contributed by atoms with Crippen molar-refractivity contribution in [2.24, 2.45) is 50.7 Å². The van der Waals surface area contributed by atoms with Gasteiger partial charge in [-0.05, 0) is 115 Å². The van der Waals surface area contributed by atoms with Crippen molar-refractivity contribution in [3.8, 4) is 0 Å². The maximum absolute atomic E-state index is 11.0. The molecule has 0 aromatic heterocycles. The maximum Gasteiger partial charge on any atom is 0.120 e. The van der Waals surface area contributed by atoms with Crippen LogP contribution in [0.4, 0.5) is 0 Å². The van der Waals surface area contributed by atoms with Crippen LogP contribution in [0, 0.1) is 50.7 Å². The van der Waals surface area contributed by atoms with E-state index >= 15 is 0 Å². The summed E-state index contributed by atoms with van der Waals surface area (Å²) in [5, 5.41) is 10.8. The van der Waals surface area contributed by atoms with Gasteiger partial charge in [0.25, 0.3) is 0 Å². The summed E-state index contributed by atoms with van der Waals surface area (Å²) in [7, 11) is 0. The van der Waals surface area contributed by atoms with Gasteiger partial charge < -0.3 is 9.90 Å². The number of fused-ring (bicyclic) bond motifs is 2. The Morgan fingerprint density at radius 2 is 1.59 bits per heavy atom. The van der Waals surface area contributed by atoms with Gasteiger partial charge in [-0.1, -0.05) is 34.6 Å². The zero-order valence-corrected chi connectivity index (χ0v) is 19.6. The molecule has 0 aromatic rings. The number of carbonyl (C=O) groups is 1. The third-order valence-electron chi connectivity index (χ3n) is 12.6. The summed E-state index contributed by atoms with van der Waals surface area (Å²) in [6.07, 6.45) is 14.9. The van der Waals surface area contributed by atoms with Gasteiger partial charge in [0.1, 0.15) is 6.29 Å². The van der Waals surface area contributed by atoms with E-state index in [2.05, 4.69) is 34.6 Å². The monoisotopic (exact) mass is 400 g/mol. The number of carbonyl (C=O) groups excluding carboxylic acids is 1. The van der Waals surface area contributed by atoms with Crippen LogP contribution >= 0.6 is 0 Å². The average Bonchev–Trinajstić information content (AvgIpc) is 3.26. The molecule has 1 N–H and O–H groups in total. The van der Waals surface area contributed by atoms with Crippen molar-refractivity contribution in [1.29, 1.82) is 0 Å². The highest BCUT2D eigenvalue weighted by atomic mass is 16.3. The van der Waals surface area contributed by atoms with Crippen LogP contribution in [0.2, 0.25) is 0 Å². The van der Waals surface area contributed by atoms with Crippen molar-refractivity contribution >= 4 is 6.29 Å². The van der Waals surface area contributed by atoms with E-state index in [4.69, 9.17) is 0 Å². The fourth-order valence-corrected chi connectivity index (χ4v) is 10.8. The lowest BCUT2D eigenvalue weighted by atomic mass is 9.41. The van der Waals surface area contributed by atoms with Crippen LogP contribution in [0.5, 0.6) is 0 Å². The lowest BCUT2D eigenvalue weighted by molar-refractivity contribution is -0.161. The molecule has 164 valence electrons. The molecule has 2 heteroatoms. The Labute approximate surface area is 178 Å². The van der Waals surface area contributed by atoms with Gasteiger partial charge in [0, 0.05) is 6.42 Å². The normalized spacial score (nSPS) is 55.8. The van der Waals surface area contributed by atoms with Gasteiger partial charge in [0.15, 0.2) is 0 Å². The lowest BCUT2D eigenvalue weighted by Crippen LogP contribution is -2.57. The van der Waals surface area contributed by atoms with Crippen LogP contribution in [0.1, 0.15) is 105 Å². The summed E-state index contributed by atoms with van der Waals surface area (Å²) in [6.45, 7) is 12.5. The number of rotatable bonds is 4. The van der Waals surface area contributed by atoms with E-state index < -0.39 is 0 Å². The van der Waals surface area contributed by atoms with E-state index in [9.17, 15) is 9.90 Å². The lowest BCUT2D eigenvalue weighted by Gasteiger charge is -2.63. The number of aldehydes is 1. The molecule has 0 bridgehead atoms. The van der Waals surface area contributed by atoms with E-state index in [1.54, 1.807) is 0 Å². The zero-order valence-electron chi connectivity index (χ0n) is 19.6. The Morgan fingerprint density at radius 1 is 0.897 bits per heavy atom. The quantitative estimate of drug-likeness (QED) is 0.554. The topological polar surface area (TPSA) is 37.3 Å². The van der Waals surface area contributed by atoms with Crippen LogP contribution in [0.25, 0.3) is 0 Å². The fraction of sp³-hybridized carbons (Fsp3) is 0.963. The number of hydrogen-bond acceptors (Lipinski definition) is 2. The van der Waals surface area contributed by atoms with E-state index in [1.165, 1.54) is 51.4 Å².